The summed E-state index contributed by atoms with van der Waals surface area (Å²) in [6, 6.07) is 5.67. The molecular formula is C17H20Cl3N5. The van der Waals surface area contributed by atoms with E-state index in [4.69, 9.17) is 23.2 Å². The van der Waals surface area contributed by atoms with Crippen LogP contribution in [0.3, 0.4) is 0 Å². The van der Waals surface area contributed by atoms with Gasteiger partial charge in [-0.3, -0.25) is 4.90 Å². The lowest BCUT2D eigenvalue weighted by atomic mass is 10.2. The largest absolute Gasteiger partial charge is 0.336 e. The Morgan fingerprint density at radius 3 is 2.00 bits per heavy atom. The average molecular weight is 401 g/mol. The summed E-state index contributed by atoms with van der Waals surface area (Å²) in [6.45, 7) is 4.36. The zero-order valence-electron chi connectivity index (χ0n) is 13.6. The maximum absolute atomic E-state index is 6.33. The van der Waals surface area contributed by atoms with Gasteiger partial charge < -0.3 is 9.13 Å². The second-order valence-electron chi connectivity index (χ2n) is 5.61. The van der Waals surface area contributed by atoms with E-state index in [1.807, 2.05) is 37.2 Å². The minimum absolute atomic E-state index is 0. The molecule has 0 bridgehead atoms. The van der Waals surface area contributed by atoms with Crippen molar-refractivity contribution in [3.63, 3.8) is 0 Å². The third-order valence-corrected chi connectivity index (χ3v) is 4.46. The van der Waals surface area contributed by atoms with E-state index in [1.165, 1.54) is 0 Å². The van der Waals surface area contributed by atoms with Crippen molar-refractivity contribution in [3.8, 4) is 0 Å². The number of imidazole rings is 2. The van der Waals surface area contributed by atoms with Crippen molar-refractivity contribution in [2.75, 3.05) is 13.1 Å². The van der Waals surface area contributed by atoms with E-state index in [1.54, 1.807) is 18.5 Å². The molecule has 3 aromatic rings. The Balaban J connectivity index is 0.00000225. The quantitative estimate of drug-likeness (QED) is 0.573. The molecule has 25 heavy (non-hydrogen) atoms. The molecule has 8 heteroatoms. The summed E-state index contributed by atoms with van der Waals surface area (Å²) in [7, 11) is 0. The Labute approximate surface area is 163 Å². The molecule has 1 aromatic carbocycles. The molecule has 0 saturated heterocycles. The summed E-state index contributed by atoms with van der Waals surface area (Å²) in [5, 5.41) is 1.37. The number of hydrogen-bond acceptors (Lipinski definition) is 3. The number of benzene rings is 1. The lowest BCUT2D eigenvalue weighted by Gasteiger charge is -2.23. The van der Waals surface area contributed by atoms with E-state index in [2.05, 4.69) is 24.0 Å². The number of rotatable bonds is 8. The van der Waals surface area contributed by atoms with Crippen LogP contribution in [0.4, 0.5) is 0 Å². The molecule has 0 N–H and O–H groups in total. The van der Waals surface area contributed by atoms with Gasteiger partial charge in [-0.15, -0.1) is 12.4 Å². The Kier molecular flexibility index (Phi) is 7.78. The highest BCUT2D eigenvalue weighted by Gasteiger charge is 2.10. The second kappa shape index (κ2) is 9.82. The van der Waals surface area contributed by atoms with E-state index >= 15 is 0 Å². The van der Waals surface area contributed by atoms with Crippen molar-refractivity contribution < 1.29 is 0 Å². The predicted octanol–water partition coefficient (Wildman–Crippen LogP) is 4.01. The standard InChI is InChI=1S/C17H19Cl2N5.ClH/c18-16-2-1-15(17(19)11-16)12-22(7-9-23-5-3-20-13-23)8-10-24-6-4-21-14-24;/h1-6,11,13-14H,7-10,12H2;1H. The highest BCUT2D eigenvalue weighted by atomic mass is 35.5. The highest BCUT2D eigenvalue weighted by molar-refractivity contribution is 6.35. The fourth-order valence-corrected chi connectivity index (χ4v) is 2.98. The monoisotopic (exact) mass is 399 g/mol. The van der Waals surface area contributed by atoms with Gasteiger partial charge in [-0.1, -0.05) is 29.3 Å². The van der Waals surface area contributed by atoms with Crippen LogP contribution < -0.4 is 0 Å². The molecule has 0 fully saturated rings. The van der Waals surface area contributed by atoms with Crippen LogP contribution in [-0.2, 0) is 19.6 Å². The molecule has 0 spiro atoms. The summed E-state index contributed by atoms with van der Waals surface area (Å²) in [5.41, 5.74) is 1.08. The van der Waals surface area contributed by atoms with Crippen LogP contribution >= 0.6 is 35.6 Å². The Bertz CT molecular complexity index is 706. The lowest BCUT2D eigenvalue weighted by molar-refractivity contribution is 0.244. The van der Waals surface area contributed by atoms with E-state index in [-0.39, 0.29) is 12.4 Å². The van der Waals surface area contributed by atoms with Crippen molar-refractivity contribution in [2.24, 2.45) is 0 Å². The second-order valence-corrected chi connectivity index (χ2v) is 6.46. The molecule has 0 atom stereocenters. The molecule has 2 aromatic heterocycles. The molecule has 0 aliphatic rings. The molecule has 0 radical (unpaired) electrons. The Morgan fingerprint density at radius 1 is 0.920 bits per heavy atom. The van der Waals surface area contributed by atoms with Crippen molar-refractivity contribution in [2.45, 2.75) is 19.6 Å². The average Bonchev–Trinajstić information content (AvgIpc) is 3.26. The van der Waals surface area contributed by atoms with E-state index < -0.39 is 0 Å². The van der Waals surface area contributed by atoms with E-state index in [0.717, 1.165) is 38.3 Å². The minimum atomic E-state index is 0. The molecular weight excluding hydrogens is 381 g/mol. The summed E-state index contributed by atoms with van der Waals surface area (Å²) < 4.78 is 4.15. The molecule has 0 amide bonds. The molecule has 0 saturated carbocycles. The molecule has 3 rings (SSSR count). The fourth-order valence-electron chi connectivity index (χ4n) is 2.51. The lowest BCUT2D eigenvalue weighted by Crippen LogP contribution is -2.30. The number of aromatic nitrogens is 4. The summed E-state index contributed by atoms with van der Waals surface area (Å²) in [6.07, 6.45) is 11.2. The third kappa shape index (κ3) is 6.04. The minimum Gasteiger partial charge on any atom is -0.336 e. The first-order valence-electron chi connectivity index (χ1n) is 7.78. The highest BCUT2D eigenvalue weighted by Crippen LogP contribution is 2.22. The molecule has 0 unspecified atom stereocenters. The van der Waals surface area contributed by atoms with Gasteiger partial charge in [0.2, 0.25) is 0 Å². The molecule has 2 heterocycles. The smallest absolute Gasteiger partial charge is 0.0946 e. The zero-order chi connectivity index (χ0) is 16.8. The molecule has 0 aliphatic carbocycles. The van der Waals surface area contributed by atoms with Gasteiger partial charge in [0.25, 0.3) is 0 Å². The van der Waals surface area contributed by atoms with Gasteiger partial charge in [0.1, 0.15) is 0 Å². The van der Waals surface area contributed by atoms with Gasteiger partial charge in [0.15, 0.2) is 0 Å². The van der Waals surface area contributed by atoms with E-state index in [9.17, 15) is 0 Å². The van der Waals surface area contributed by atoms with E-state index in [0.29, 0.717) is 10.0 Å². The Hall–Kier alpha value is -1.53. The van der Waals surface area contributed by atoms with Crippen molar-refractivity contribution in [3.05, 3.63) is 71.2 Å². The number of hydrogen-bond donors (Lipinski definition) is 0. The number of nitrogens with zero attached hydrogens (tertiary/aromatic N) is 5. The summed E-state index contributed by atoms with van der Waals surface area (Å²) in [4.78, 5) is 10.6. The normalized spacial score (nSPS) is 10.8. The third-order valence-electron chi connectivity index (χ3n) is 3.88. The van der Waals surface area contributed by atoms with Crippen LogP contribution in [-0.4, -0.2) is 37.1 Å². The van der Waals surface area contributed by atoms with Gasteiger partial charge >= 0.3 is 0 Å². The van der Waals surface area contributed by atoms with Crippen LogP contribution in [0.1, 0.15) is 5.56 Å². The van der Waals surface area contributed by atoms with Gasteiger partial charge in [-0.25, -0.2) is 9.97 Å². The van der Waals surface area contributed by atoms with Gasteiger partial charge in [-0.05, 0) is 17.7 Å². The van der Waals surface area contributed by atoms with Crippen LogP contribution in [0.25, 0.3) is 0 Å². The van der Waals surface area contributed by atoms with Crippen LogP contribution in [0.15, 0.2) is 55.6 Å². The van der Waals surface area contributed by atoms with Crippen LogP contribution in [0.2, 0.25) is 10.0 Å². The maximum Gasteiger partial charge on any atom is 0.0946 e. The first-order chi connectivity index (χ1) is 11.7. The predicted molar refractivity (Wildman–Crippen MR) is 103 cm³/mol. The zero-order valence-corrected chi connectivity index (χ0v) is 16.0. The fraction of sp³-hybridized carbons (Fsp3) is 0.294. The summed E-state index contributed by atoms with van der Waals surface area (Å²) >= 11 is 12.3. The van der Waals surface area contributed by atoms with Crippen LogP contribution in [0, 0.1) is 0 Å². The van der Waals surface area contributed by atoms with Crippen molar-refractivity contribution >= 4 is 35.6 Å². The van der Waals surface area contributed by atoms with Gasteiger partial charge in [0, 0.05) is 67.6 Å². The summed E-state index contributed by atoms with van der Waals surface area (Å²) in [5.74, 6) is 0. The first kappa shape index (κ1) is 19.8. The van der Waals surface area contributed by atoms with Crippen LogP contribution in [0.5, 0.6) is 0 Å². The molecule has 5 nitrogen and oxygen atoms in total. The first-order valence-corrected chi connectivity index (χ1v) is 8.54. The SMILES string of the molecule is Cl.Clc1ccc(CN(CCn2ccnc2)CCn2ccnc2)c(Cl)c1. The molecule has 0 aliphatic heterocycles. The van der Waals surface area contributed by atoms with Gasteiger partial charge in [-0.2, -0.15) is 0 Å². The Morgan fingerprint density at radius 2 is 1.52 bits per heavy atom. The topological polar surface area (TPSA) is 38.9 Å². The number of halogens is 3. The van der Waals surface area contributed by atoms with Gasteiger partial charge in [0.05, 0.1) is 12.7 Å². The van der Waals surface area contributed by atoms with Crippen molar-refractivity contribution in [1.29, 1.82) is 0 Å². The maximum atomic E-state index is 6.33. The molecule has 134 valence electrons. The van der Waals surface area contributed by atoms with Crippen molar-refractivity contribution in [1.82, 2.24) is 24.0 Å².